The van der Waals surface area contributed by atoms with Crippen molar-refractivity contribution in [3.05, 3.63) is 258 Å². The Morgan fingerprint density at radius 3 is 1.40 bits per heavy atom. The molecule has 8 aromatic carbocycles. The summed E-state index contributed by atoms with van der Waals surface area (Å²) in [7, 11) is 0. The van der Waals surface area contributed by atoms with Crippen LogP contribution in [0.3, 0.4) is 0 Å². The van der Waals surface area contributed by atoms with Gasteiger partial charge >= 0.3 is 0 Å². The summed E-state index contributed by atoms with van der Waals surface area (Å²) in [5.74, 6) is 0. The van der Waals surface area contributed by atoms with E-state index in [2.05, 4.69) is 225 Å². The molecule has 0 amide bonds. The average molecular weight is 729 g/mol. The summed E-state index contributed by atoms with van der Waals surface area (Å²) in [6.45, 7) is 6.94. The smallest absolute Gasteiger partial charge is 0.0787 e. The molecule has 0 radical (unpaired) electrons. The van der Waals surface area contributed by atoms with Gasteiger partial charge in [-0.15, -0.1) is 0 Å². The molecule has 0 bridgehead atoms. The predicted octanol–water partition coefficient (Wildman–Crippen LogP) is 14.1. The molecular weight excluding hydrogens is 689 g/mol. The van der Waals surface area contributed by atoms with Gasteiger partial charge in [-0.05, 0) is 86.8 Å². The minimum Gasteiger partial charge on any atom is -0.310 e. The molecule has 0 saturated carbocycles. The van der Waals surface area contributed by atoms with Crippen molar-refractivity contribution in [1.29, 1.82) is 0 Å². The Bertz CT molecular complexity index is 2780. The van der Waals surface area contributed by atoms with Crippen molar-refractivity contribution in [2.24, 2.45) is 4.99 Å². The molecule has 0 saturated heterocycles. The number of hydrogen-bond acceptors (Lipinski definition) is 2. The van der Waals surface area contributed by atoms with Gasteiger partial charge < -0.3 is 4.90 Å². The fourth-order valence-corrected chi connectivity index (χ4v) is 9.12. The summed E-state index contributed by atoms with van der Waals surface area (Å²) in [4.78, 5) is 7.98. The van der Waals surface area contributed by atoms with Gasteiger partial charge in [0.25, 0.3) is 0 Å². The first-order valence-electron chi connectivity index (χ1n) is 19.6. The zero-order valence-corrected chi connectivity index (χ0v) is 31.8. The first kappa shape index (κ1) is 34.2. The van der Waals surface area contributed by atoms with Crippen molar-refractivity contribution in [3.63, 3.8) is 0 Å². The quantitative estimate of drug-likeness (QED) is 0.149. The van der Waals surface area contributed by atoms with Crippen LogP contribution in [0.25, 0.3) is 33.5 Å². The SMILES string of the molecule is C=C(N=C(C1=C(C)C2(c3ccccc31)c1ccccc1N(c1ccccc1)c1ccccc12)c1ccc(-c2ccccc2)cc1)c1ccc(-c2ccccc2)cc1. The molecule has 2 heteroatoms. The molecular formula is C55H40N2. The first-order chi connectivity index (χ1) is 28.1. The highest BCUT2D eigenvalue weighted by molar-refractivity contribution is 6.35. The van der Waals surface area contributed by atoms with Gasteiger partial charge in [0.15, 0.2) is 0 Å². The highest BCUT2D eigenvalue weighted by atomic mass is 15.2. The summed E-state index contributed by atoms with van der Waals surface area (Å²) in [5, 5.41) is 0. The zero-order valence-electron chi connectivity index (χ0n) is 31.8. The lowest BCUT2D eigenvalue weighted by atomic mass is 9.64. The second kappa shape index (κ2) is 14.1. The Balaban J connectivity index is 1.20. The minimum atomic E-state index is -0.562. The van der Waals surface area contributed by atoms with Crippen molar-refractivity contribution >= 4 is 34.0 Å². The third kappa shape index (κ3) is 5.60. The fourth-order valence-electron chi connectivity index (χ4n) is 9.12. The zero-order chi connectivity index (χ0) is 38.3. The minimum absolute atomic E-state index is 0.562. The van der Waals surface area contributed by atoms with Gasteiger partial charge in [-0.25, -0.2) is 4.99 Å². The largest absolute Gasteiger partial charge is 0.310 e. The number of aliphatic imine (C=N–C) groups is 1. The maximum Gasteiger partial charge on any atom is 0.0787 e. The Labute approximate surface area is 335 Å². The van der Waals surface area contributed by atoms with E-state index < -0.39 is 5.41 Å². The van der Waals surface area contributed by atoms with E-state index >= 15 is 0 Å². The molecule has 0 unspecified atom stereocenters. The van der Waals surface area contributed by atoms with Crippen LogP contribution in [-0.2, 0) is 5.41 Å². The normalized spacial score (nSPS) is 13.9. The third-order valence-electron chi connectivity index (χ3n) is 11.7. The van der Waals surface area contributed by atoms with Gasteiger partial charge in [-0.1, -0.05) is 195 Å². The molecule has 0 N–H and O–H groups in total. The topological polar surface area (TPSA) is 15.6 Å². The van der Waals surface area contributed by atoms with Gasteiger partial charge in [0, 0.05) is 16.8 Å². The molecule has 8 aromatic rings. The van der Waals surface area contributed by atoms with Crippen LogP contribution < -0.4 is 4.90 Å². The van der Waals surface area contributed by atoms with Gasteiger partial charge in [0.05, 0.1) is 28.2 Å². The number of para-hydroxylation sites is 3. The number of rotatable bonds is 7. The predicted molar refractivity (Wildman–Crippen MR) is 239 cm³/mol. The van der Waals surface area contributed by atoms with Gasteiger partial charge in [0.1, 0.15) is 0 Å². The van der Waals surface area contributed by atoms with Gasteiger partial charge in [-0.3, -0.25) is 0 Å². The van der Waals surface area contributed by atoms with Crippen LogP contribution in [0.2, 0.25) is 0 Å². The van der Waals surface area contributed by atoms with E-state index in [1.54, 1.807) is 0 Å². The number of hydrogen-bond donors (Lipinski definition) is 0. The van der Waals surface area contributed by atoms with Crippen molar-refractivity contribution in [3.8, 4) is 22.3 Å². The molecule has 0 atom stereocenters. The highest BCUT2D eigenvalue weighted by Gasteiger charge is 2.52. The van der Waals surface area contributed by atoms with E-state index in [0.29, 0.717) is 0 Å². The van der Waals surface area contributed by atoms with Crippen molar-refractivity contribution < 1.29 is 0 Å². The van der Waals surface area contributed by atoms with Crippen LogP contribution in [0.5, 0.6) is 0 Å². The molecule has 0 fully saturated rings. The molecule has 1 aliphatic heterocycles. The number of benzene rings is 8. The first-order valence-corrected chi connectivity index (χ1v) is 19.6. The lowest BCUT2D eigenvalue weighted by Gasteiger charge is -2.45. The third-order valence-corrected chi connectivity index (χ3v) is 11.7. The van der Waals surface area contributed by atoms with Crippen LogP contribution in [0, 0.1) is 0 Å². The molecule has 1 heterocycles. The molecule has 2 nitrogen and oxygen atoms in total. The number of fused-ring (bicyclic) bond motifs is 6. The Kier molecular flexibility index (Phi) is 8.46. The summed E-state index contributed by atoms with van der Waals surface area (Å²) >= 11 is 0. The summed E-state index contributed by atoms with van der Waals surface area (Å²) < 4.78 is 0. The van der Waals surface area contributed by atoms with E-state index in [4.69, 9.17) is 4.99 Å². The summed E-state index contributed by atoms with van der Waals surface area (Å²) in [6.07, 6.45) is 0. The molecule has 10 rings (SSSR count). The van der Waals surface area contributed by atoms with Crippen LogP contribution in [-0.4, -0.2) is 5.71 Å². The molecule has 2 aliphatic rings. The van der Waals surface area contributed by atoms with E-state index in [-0.39, 0.29) is 0 Å². The maximum atomic E-state index is 5.56. The van der Waals surface area contributed by atoms with Crippen molar-refractivity contribution in [1.82, 2.24) is 0 Å². The average Bonchev–Trinajstić information content (AvgIpc) is 3.54. The van der Waals surface area contributed by atoms with E-state index in [0.717, 1.165) is 39.4 Å². The second-order valence-corrected chi connectivity index (χ2v) is 14.8. The van der Waals surface area contributed by atoms with Crippen LogP contribution in [0.15, 0.2) is 229 Å². The fraction of sp³-hybridized carbons (Fsp3) is 0.0364. The van der Waals surface area contributed by atoms with Crippen LogP contribution in [0.1, 0.15) is 40.3 Å². The number of nitrogens with zero attached hydrogens (tertiary/aromatic N) is 2. The number of allylic oxidation sites excluding steroid dienone is 2. The van der Waals surface area contributed by atoms with Crippen molar-refractivity contribution in [2.45, 2.75) is 12.3 Å². The molecule has 1 aliphatic carbocycles. The monoisotopic (exact) mass is 728 g/mol. The lowest BCUT2D eigenvalue weighted by molar-refractivity contribution is 0.729. The lowest BCUT2D eigenvalue weighted by Crippen LogP contribution is -2.36. The highest BCUT2D eigenvalue weighted by Crippen LogP contribution is 2.62. The summed E-state index contributed by atoms with van der Waals surface area (Å²) in [6, 6.07) is 76.1. The molecule has 57 heavy (non-hydrogen) atoms. The standard InChI is InChI=1S/C55H40N2/c1-38-53(47-24-12-13-25-48(47)55(38)49-26-14-16-28-51(49)57(46-22-10-5-11-23-46)52-29-17-15-27-50(52)55)54(45-36-34-44(35-37-45)42-20-8-4-9-21-42)56-39(2)40-30-32-43(33-31-40)41-18-6-3-7-19-41/h3-37H,2H2,1H3. The van der Waals surface area contributed by atoms with Gasteiger partial charge in [-0.2, -0.15) is 0 Å². The Hall–Kier alpha value is -7.29. The molecule has 1 spiro atoms. The number of anilines is 3. The Morgan fingerprint density at radius 1 is 0.439 bits per heavy atom. The van der Waals surface area contributed by atoms with Crippen LogP contribution in [0.4, 0.5) is 17.1 Å². The van der Waals surface area contributed by atoms with E-state index in [1.165, 1.54) is 55.9 Å². The van der Waals surface area contributed by atoms with E-state index in [9.17, 15) is 0 Å². The van der Waals surface area contributed by atoms with E-state index in [1.807, 2.05) is 6.07 Å². The maximum absolute atomic E-state index is 5.56. The van der Waals surface area contributed by atoms with Crippen molar-refractivity contribution in [2.75, 3.05) is 4.90 Å². The Morgan fingerprint density at radius 2 is 0.860 bits per heavy atom. The second-order valence-electron chi connectivity index (χ2n) is 14.8. The molecule has 0 aromatic heterocycles. The van der Waals surface area contributed by atoms with Gasteiger partial charge in [0.2, 0.25) is 0 Å². The molecule has 270 valence electrons. The van der Waals surface area contributed by atoms with Crippen LogP contribution >= 0.6 is 0 Å². The summed E-state index contributed by atoms with van der Waals surface area (Å²) in [5.41, 5.74) is 18.6.